The lowest BCUT2D eigenvalue weighted by atomic mass is 9.84. The molecule has 0 radical (unpaired) electrons. The van der Waals surface area contributed by atoms with Crippen molar-refractivity contribution < 1.29 is 0 Å². The minimum absolute atomic E-state index is 0.338. The lowest BCUT2D eigenvalue weighted by molar-refractivity contribution is 0.391. The molecule has 0 aliphatic heterocycles. The molecule has 0 aromatic rings. The fourth-order valence-electron chi connectivity index (χ4n) is 2.93. The highest BCUT2D eigenvalue weighted by Gasteiger charge is 2.19. The van der Waals surface area contributed by atoms with Gasteiger partial charge < -0.3 is 5.73 Å². The van der Waals surface area contributed by atoms with Crippen molar-refractivity contribution >= 4 is 0 Å². The number of nitrogens with two attached hydrogens (primary N) is 1. The number of rotatable bonds is 6. The van der Waals surface area contributed by atoms with Gasteiger partial charge in [-0.15, -0.1) is 0 Å². The Morgan fingerprint density at radius 2 is 1.94 bits per heavy atom. The number of unbranched alkanes of at least 4 members (excludes halogenated alkanes) is 1. The van der Waals surface area contributed by atoms with Gasteiger partial charge in [-0.05, 0) is 38.0 Å². The lowest BCUT2D eigenvalue weighted by Crippen LogP contribution is -2.32. The number of hydrogen-bond acceptors (Lipinski definition) is 1. The predicted molar refractivity (Wildman–Crippen MR) is 77.1 cm³/mol. The van der Waals surface area contributed by atoms with Gasteiger partial charge in [-0.2, -0.15) is 0 Å². The van der Waals surface area contributed by atoms with E-state index in [1.807, 2.05) is 0 Å². The van der Waals surface area contributed by atoms with Gasteiger partial charge in [0.25, 0.3) is 0 Å². The molecule has 2 unspecified atom stereocenters. The molecular weight excluding hydrogens is 206 g/mol. The van der Waals surface area contributed by atoms with E-state index in [2.05, 4.69) is 19.9 Å². The Kier molecular flexibility index (Phi) is 7.59. The molecule has 1 heteroatoms. The summed E-state index contributed by atoms with van der Waals surface area (Å²) < 4.78 is 0. The smallest absolute Gasteiger partial charge is 0.0282 e. The van der Waals surface area contributed by atoms with Gasteiger partial charge in [0.2, 0.25) is 0 Å². The van der Waals surface area contributed by atoms with E-state index in [-0.39, 0.29) is 0 Å². The maximum Gasteiger partial charge on any atom is 0.0282 e. The minimum atomic E-state index is 0.338. The standard InChI is InChI=1S/C16H31N/c1-3-5-11-14(4-2)16(17)15-12-9-7-6-8-10-13-15/h12,14,16H,3-11,13,17H2,1-2H3. The lowest BCUT2D eigenvalue weighted by Gasteiger charge is -2.26. The van der Waals surface area contributed by atoms with Crippen LogP contribution in [0.3, 0.4) is 0 Å². The summed E-state index contributed by atoms with van der Waals surface area (Å²) in [7, 11) is 0. The van der Waals surface area contributed by atoms with Gasteiger partial charge in [0.1, 0.15) is 0 Å². The molecule has 2 atom stereocenters. The van der Waals surface area contributed by atoms with Crippen LogP contribution in [0.5, 0.6) is 0 Å². The van der Waals surface area contributed by atoms with Crippen molar-refractivity contribution in [1.29, 1.82) is 0 Å². The summed E-state index contributed by atoms with van der Waals surface area (Å²) in [6.45, 7) is 4.57. The van der Waals surface area contributed by atoms with Crippen LogP contribution in [0.1, 0.15) is 78.1 Å². The summed E-state index contributed by atoms with van der Waals surface area (Å²) in [6, 6.07) is 0.338. The minimum Gasteiger partial charge on any atom is -0.324 e. The molecule has 0 bridgehead atoms. The van der Waals surface area contributed by atoms with Crippen molar-refractivity contribution in [3.05, 3.63) is 11.6 Å². The molecule has 1 aliphatic carbocycles. The molecule has 0 heterocycles. The van der Waals surface area contributed by atoms with E-state index in [4.69, 9.17) is 5.73 Å². The van der Waals surface area contributed by atoms with E-state index >= 15 is 0 Å². The molecule has 2 N–H and O–H groups in total. The fourth-order valence-corrected chi connectivity index (χ4v) is 2.93. The van der Waals surface area contributed by atoms with Crippen LogP contribution in [0.25, 0.3) is 0 Å². The van der Waals surface area contributed by atoms with E-state index in [0.717, 1.165) is 0 Å². The van der Waals surface area contributed by atoms with Gasteiger partial charge in [0.15, 0.2) is 0 Å². The summed E-state index contributed by atoms with van der Waals surface area (Å²) in [6.07, 6.45) is 15.7. The van der Waals surface area contributed by atoms with Crippen molar-refractivity contribution in [2.45, 2.75) is 84.1 Å². The largest absolute Gasteiger partial charge is 0.324 e. The van der Waals surface area contributed by atoms with E-state index in [0.29, 0.717) is 12.0 Å². The molecule has 0 spiro atoms. The Labute approximate surface area is 108 Å². The van der Waals surface area contributed by atoms with Crippen molar-refractivity contribution in [3.63, 3.8) is 0 Å². The van der Waals surface area contributed by atoms with E-state index in [1.165, 1.54) is 64.2 Å². The molecule has 0 saturated carbocycles. The van der Waals surface area contributed by atoms with Gasteiger partial charge in [-0.1, -0.05) is 57.6 Å². The van der Waals surface area contributed by atoms with Gasteiger partial charge in [0, 0.05) is 6.04 Å². The third-order valence-corrected chi connectivity index (χ3v) is 4.21. The quantitative estimate of drug-likeness (QED) is 0.659. The highest BCUT2D eigenvalue weighted by Crippen LogP contribution is 2.26. The van der Waals surface area contributed by atoms with Crippen LogP contribution in [0, 0.1) is 5.92 Å². The summed E-state index contributed by atoms with van der Waals surface area (Å²) >= 11 is 0. The monoisotopic (exact) mass is 237 g/mol. The second-order valence-corrected chi connectivity index (χ2v) is 5.57. The van der Waals surface area contributed by atoms with Crippen LogP contribution >= 0.6 is 0 Å². The highest BCUT2D eigenvalue weighted by molar-refractivity contribution is 5.12. The number of allylic oxidation sites excluding steroid dienone is 1. The van der Waals surface area contributed by atoms with Crippen LogP contribution in [0.4, 0.5) is 0 Å². The Hall–Kier alpha value is -0.300. The normalized spacial score (nSPS) is 21.2. The average Bonchev–Trinajstić information content (AvgIpc) is 2.29. The Morgan fingerprint density at radius 1 is 1.18 bits per heavy atom. The molecule has 0 saturated heterocycles. The second kappa shape index (κ2) is 8.74. The van der Waals surface area contributed by atoms with Crippen molar-refractivity contribution in [3.8, 4) is 0 Å². The Balaban J connectivity index is 2.53. The van der Waals surface area contributed by atoms with Crippen LogP contribution in [0.2, 0.25) is 0 Å². The third-order valence-electron chi connectivity index (χ3n) is 4.21. The highest BCUT2D eigenvalue weighted by atomic mass is 14.7. The van der Waals surface area contributed by atoms with Gasteiger partial charge in [0.05, 0.1) is 0 Å². The zero-order valence-corrected chi connectivity index (χ0v) is 11.9. The molecule has 0 aromatic heterocycles. The maximum absolute atomic E-state index is 6.50. The number of hydrogen-bond donors (Lipinski definition) is 1. The predicted octanol–water partition coefficient (Wildman–Crippen LogP) is 4.81. The van der Waals surface area contributed by atoms with Crippen LogP contribution in [-0.4, -0.2) is 6.04 Å². The van der Waals surface area contributed by atoms with E-state index in [9.17, 15) is 0 Å². The van der Waals surface area contributed by atoms with Crippen LogP contribution in [0.15, 0.2) is 11.6 Å². The first-order chi connectivity index (χ1) is 8.29. The molecule has 0 aromatic carbocycles. The Bertz CT molecular complexity index is 220. The summed E-state index contributed by atoms with van der Waals surface area (Å²) in [4.78, 5) is 0. The summed E-state index contributed by atoms with van der Waals surface area (Å²) in [5.41, 5.74) is 8.06. The Morgan fingerprint density at radius 3 is 2.65 bits per heavy atom. The van der Waals surface area contributed by atoms with E-state index < -0.39 is 0 Å². The summed E-state index contributed by atoms with van der Waals surface area (Å²) in [5.74, 6) is 0.709. The maximum atomic E-state index is 6.50. The van der Waals surface area contributed by atoms with Crippen molar-refractivity contribution in [2.24, 2.45) is 11.7 Å². The topological polar surface area (TPSA) is 26.0 Å². The SMILES string of the molecule is CCCCC(CC)C(N)C1=CCCCCCC1. The van der Waals surface area contributed by atoms with Gasteiger partial charge in [-0.25, -0.2) is 0 Å². The van der Waals surface area contributed by atoms with Crippen molar-refractivity contribution in [1.82, 2.24) is 0 Å². The third kappa shape index (κ3) is 5.25. The van der Waals surface area contributed by atoms with Gasteiger partial charge >= 0.3 is 0 Å². The molecular formula is C16H31N. The zero-order chi connectivity index (χ0) is 12.5. The molecule has 0 fully saturated rings. The molecule has 1 aliphatic rings. The molecule has 1 nitrogen and oxygen atoms in total. The van der Waals surface area contributed by atoms with Crippen molar-refractivity contribution in [2.75, 3.05) is 0 Å². The van der Waals surface area contributed by atoms with Crippen LogP contribution in [-0.2, 0) is 0 Å². The summed E-state index contributed by atoms with van der Waals surface area (Å²) in [5, 5.41) is 0. The first-order valence-electron chi connectivity index (χ1n) is 7.74. The first kappa shape index (κ1) is 14.8. The molecule has 1 rings (SSSR count). The van der Waals surface area contributed by atoms with Gasteiger partial charge in [-0.3, -0.25) is 0 Å². The average molecular weight is 237 g/mol. The zero-order valence-electron chi connectivity index (χ0n) is 11.9. The molecule has 17 heavy (non-hydrogen) atoms. The van der Waals surface area contributed by atoms with E-state index in [1.54, 1.807) is 5.57 Å². The molecule has 0 amide bonds. The first-order valence-corrected chi connectivity index (χ1v) is 7.74. The molecule has 100 valence electrons. The second-order valence-electron chi connectivity index (χ2n) is 5.57. The fraction of sp³-hybridized carbons (Fsp3) is 0.875. The van der Waals surface area contributed by atoms with Crippen LogP contribution < -0.4 is 5.73 Å².